The first kappa shape index (κ1) is 25.7. The molecule has 2 aromatic carbocycles. The Bertz CT molecular complexity index is 1370. The zero-order valence-electron chi connectivity index (χ0n) is 19.9. The summed E-state index contributed by atoms with van der Waals surface area (Å²) in [6, 6.07) is 12.3. The van der Waals surface area contributed by atoms with Crippen molar-refractivity contribution in [1.29, 1.82) is 0 Å². The van der Waals surface area contributed by atoms with E-state index in [-0.39, 0.29) is 0 Å². The molecule has 0 saturated heterocycles. The predicted molar refractivity (Wildman–Crippen MR) is 131 cm³/mol. The maximum atomic E-state index is 12.8. The Balaban J connectivity index is 1.30. The number of fused-ring (bicyclic) bond motifs is 1. The van der Waals surface area contributed by atoms with E-state index >= 15 is 0 Å². The smallest absolute Gasteiger partial charge is 0.416 e. The molecule has 6 nitrogen and oxygen atoms in total. The summed E-state index contributed by atoms with van der Waals surface area (Å²) in [4.78, 5) is 16.9. The van der Waals surface area contributed by atoms with Gasteiger partial charge in [0.15, 0.2) is 0 Å². The van der Waals surface area contributed by atoms with E-state index in [0.717, 1.165) is 33.6 Å². The highest BCUT2D eigenvalue weighted by Gasteiger charge is 2.31. The number of aromatic nitrogens is 2. The maximum absolute atomic E-state index is 12.8. The molecule has 0 amide bonds. The number of aryl methyl sites for hydroxylation is 1. The summed E-state index contributed by atoms with van der Waals surface area (Å²) in [7, 11) is 0. The van der Waals surface area contributed by atoms with Crippen LogP contribution >= 0.6 is 11.3 Å². The molecule has 4 aromatic rings. The third-order valence-electron chi connectivity index (χ3n) is 5.87. The molecule has 0 saturated carbocycles. The van der Waals surface area contributed by atoms with Crippen LogP contribution in [0.4, 0.5) is 13.2 Å². The quantitative estimate of drug-likeness (QED) is 0.256. The summed E-state index contributed by atoms with van der Waals surface area (Å²) in [5.74, 6) is -0.268. The lowest BCUT2D eigenvalue weighted by atomic mass is 10.1. The van der Waals surface area contributed by atoms with E-state index in [0.29, 0.717) is 36.1 Å². The largest absolute Gasteiger partial charge is 0.491 e. The number of benzene rings is 2. The van der Waals surface area contributed by atoms with Gasteiger partial charge >= 0.3 is 12.1 Å². The van der Waals surface area contributed by atoms with Crippen LogP contribution in [0.2, 0.25) is 0 Å². The maximum Gasteiger partial charge on any atom is 0.416 e. The third-order valence-corrected chi connectivity index (χ3v) is 7.05. The predicted octanol–water partition coefficient (Wildman–Crippen LogP) is 6.51. The van der Waals surface area contributed by atoms with Gasteiger partial charge in [0.1, 0.15) is 22.9 Å². The summed E-state index contributed by atoms with van der Waals surface area (Å²) < 4.78 is 51.6. The van der Waals surface area contributed by atoms with E-state index in [9.17, 15) is 23.1 Å². The van der Waals surface area contributed by atoms with E-state index < -0.39 is 23.2 Å². The third kappa shape index (κ3) is 5.39. The zero-order valence-corrected chi connectivity index (χ0v) is 20.7. The Hall–Kier alpha value is -3.37. The topological polar surface area (TPSA) is 73.6 Å². The number of rotatable bonds is 9. The summed E-state index contributed by atoms with van der Waals surface area (Å²) in [5.41, 5.74) is 0.440. The van der Waals surface area contributed by atoms with Crippen molar-refractivity contribution in [2.24, 2.45) is 0 Å². The molecule has 4 rings (SSSR count). The van der Waals surface area contributed by atoms with Gasteiger partial charge in [-0.1, -0.05) is 12.1 Å². The molecule has 0 radical (unpaired) electrons. The van der Waals surface area contributed by atoms with Crippen molar-refractivity contribution in [1.82, 2.24) is 9.55 Å². The van der Waals surface area contributed by atoms with Gasteiger partial charge < -0.3 is 19.1 Å². The van der Waals surface area contributed by atoms with Gasteiger partial charge in [-0.3, -0.25) is 0 Å². The fourth-order valence-electron chi connectivity index (χ4n) is 3.67. The van der Waals surface area contributed by atoms with Gasteiger partial charge in [-0.15, -0.1) is 11.3 Å². The Morgan fingerprint density at radius 3 is 2.47 bits per heavy atom. The number of hydrogen-bond donors (Lipinski definition) is 1. The number of halogens is 3. The highest BCUT2D eigenvalue weighted by atomic mass is 32.1. The van der Waals surface area contributed by atoms with Crippen LogP contribution in [-0.4, -0.2) is 33.8 Å². The molecule has 36 heavy (non-hydrogen) atoms. The van der Waals surface area contributed by atoms with Crippen LogP contribution in [-0.2, 0) is 27.9 Å². The monoisotopic (exact) mass is 518 g/mol. The molecule has 0 unspecified atom stereocenters. The molecular weight excluding hydrogens is 493 g/mol. The number of carboxylic acid groups (broad SMARTS) is 1. The number of alkyl halides is 3. The van der Waals surface area contributed by atoms with Crippen LogP contribution in [0.1, 0.15) is 30.0 Å². The van der Waals surface area contributed by atoms with Crippen molar-refractivity contribution in [3.05, 3.63) is 70.9 Å². The fourth-order valence-corrected chi connectivity index (χ4v) is 4.68. The summed E-state index contributed by atoms with van der Waals surface area (Å²) in [5, 5.41) is 11.0. The van der Waals surface area contributed by atoms with Crippen LogP contribution in [0, 0.1) is 6.92 Å². The molecule has 0 aliphatic carbocycles. The van der Waals surface area contributed by atoms with Crippen molar-refractivity contribution in [2.75, 3.05) is 13.2 Å². The van der Waals surface area contributed by atoms with E-state index in [2.05, 4.69) is 4.98 Å². The molecule has 190 valence electrons. The minimum absolute atomic E-state index is 0.316. The summed E-state index contributed by atoms with van der Waals surface area (Å²) in [6.07, 6.45) is -2.62. The summed E-state index contributed by atoms with van der Waals surface area (Å²) in [6.45, 7) is 6.10. The van der Waals surface area contributed by atoms with Crippen LogP contribution in [0.25, 0.3) is 21.5 Å². The fraction of sp³-hybridized carbons (Fsp3) is 0.308. The highest BCUT2D eigenvalue weighted by Crippen LogP contribution is 2.33. The molecule has 0 spiro atoms. The van der Waals surface area contributed by atoms with Crippen LogP contribution < -0.4 is 4.74 Å². The second-order valence-corrected chi connectivity index (χ2v) is 9.86. The number of ether oxygens (including phenoxy) is 2. The number of nitrogens with zero attached hydrogens (tertiary/aromatic N) is 2. The van der Waals surface area contributed by atoms with Gasteiger partial charge in [0, 0.05) is 22.7 Å². The van der Waals surface area contributed by atoms with Crippen molar-refractivity contribution < 1.29 is 32.5 Å². The zero-order chi connectivity index (χ0) is 26.1. The lowest BCUT2D eigenvalue weighted by molar-refractivity contribution is -0.145. The normalized spacial score (nSPS) is 12.3. The number of hydrogen-bond acceptors (Lipinski definition) is 5. The van der Waals surface area contributed by atoms with Crippen molar-refractivity contribution in [3.63, 3.8) is 0 Å². The number of thiazole rings is 1. The average molecular weight is 519 g/mol. The summed E-state index contributed by atoms with van der Waals surface area (Å²) >= 11 is 1.39. The first-order valence-electron chi connectivity index (χ1n) is 11.2. The number of carboxylic acids is 1. The van der Waals surface area contributed by atoms with E-state index in [4.69, 9.17) is 9.47 Å². The van der Waals surface area contributed by atoms with Gasteiger partial charge in [0.05, 0.1) is 29.3 Å². The molecule has 2 aromatic heterocycles. The first-order valence-corrected chi connectivity index (χ1v) is 12.0. The van der Waals surface area contributed by atoms with Crippen LogP contribution in [0.5, 0.6) is 5.75 Å². The highest BCUT2D eigenvalue weighted by molar-refractivity contribution is 7.15. The number of aliphatic carboxylic acids is 1. The minimum atomic E-state index is -4.37. The second-order valence-electron chi connectivity index (χ2n) is 8.77. The Morgan fingerprint density at radius 1 is 1.08 bits per heavy atom. The van der Waals surface area contributed by atoms with Crippen LogP contribution in [0.15, 0.2) is 54.7 Å². The van der Waals surface area contributed by atoms with Gasteiger partial charge in [-0.2, -0.15) is 13.2 Å². The van der Waals surface area contributed by atoms with Gasteiger partial charge in [0.25, 0.3) is 0 Å². The molecule has 0 bridgehead atoms. The van der Waals surface area contributed by atoms with Crippen molar-refractivity contribution in [3.8, 4) is 16.3 Å². The van der Waals surface area contributed by atoms with E-state index in [1.165, 1.54) is 23.5 Å². The molecule has 0 aliphatic heterocycles. The second kappa shape index (κ2) is 9.94. The molecule has 2 heterocycles. The Kier molecular flexibility index (Phi) is 7.10. The molecule has 0 atom stereocenters. The van der Waals surface area contributed by atoms with E-state index in [1.54, 1.807) is 30.7 Å². The Morgan fingerprint density at radius 2 is 1.81 bits per heavy atom. The number of carbonyl (C=O) groups is 1. The first-order chi connectivity index (χ1) is 17.0. The Labute approximate surface area is 209 Å². The van der Waals surface area contributed by atoms with Crippen molar-refractivity contribution >= 4 is 28.2 Å². The van der Waals surface area contributed by atoms with Crippen LogP contribution in [0.3, 0.4) is 0 Å². The molecule has 0 fully saturated rings. The van der Waals surface area contributed by atoms with Gasteiger partial charge in [0.2, 0.25) is 0 Å². The molecule has 1 N–H and O–H groups in total. The lowest BCUT2D eigenvalue weighted by Crippen LogP contribution is -2.34. The molecule has 0 aliphatic rings. The van der Waals surface area contributed by atoms with Crippen molar-refractivity contribution in [2.45, 2.75) is 39.1 Å². The minimum Gasteiger partial charge on any atom is -0.491 e. The lowest BCUT2D eigenvalue weighted by Gasteiger charge is -2.23. The SMILES string of the molecule is Cc1nc(-c2ccc(C(F)(F)F)cc2)sc1COCCOc1ccc2c(ccn2C(C)(C)C(=O)O)c1. The standard InChI is InChI=1S/C26H25F3N2O4S/c1-16-22(36-23(30-16)17-4-6-19(7-5-17)26(27,28)29)15-34-12-13-35-20-8-9-21-18(14-20)10-11-31(21)25(2,3)24(32)33/h4-11,14H,12-13,15H2,1-3H3,(H,32,33). The van der Waals surface area contributed by atoms with Gasteiger partial charge in [-0.25, -0.2) is 9.78 Å². The molecule has 10 heteroatoms. The van der Waals surface area contributed by atoms with E-state index in [1.807, 2.05) is 25.1 Å². The molecular formula is C26H25F3N2O4S. The average Bonchev–Trinajstić information content (AvgIpc) is 3.42. The van der Waals surface area contributed by atoms with Gasteiger partial charge in [-0.05, 0) is 57.2 Å².